The van der Waals surface area contributed by atoms with Crippen LogP contribution in [0.3, 0.4) is 0 Å². The average molecular weight is 313 g/mol. The number of rotatable bonds is 4. The Morgan fingerprint density at radius 3 is 2.43 bits per heavy atom. The first-order valence-corrected chi connectivity index (χ1v) is 9.00. The van der Waals surface area contributed by atoms with Crippen LogP contribution < -0.4 is 5.32 Å². The third-order valence-corrected chi connectivity index (χ3v) is 6.51. The molecule has 1 aromatic rings. The van der Waals surface area contributed by atoms with Crippen molar-refractivity contribution in [3.8, 4) is 0 Å². The molecule has 1 N–H and O–H groups in total. The molecule has 4 nitrogen and oxygen atoms in total. The summed E-state index contributed by atoms with van der Waals surface area (Å²) in [6.07, 6.45) is 15.5. The molecule has 4 bridgehead atoms. The van der Waals surface area contributed by atoms with E-state index >= 15 is 0 Å². The molecular formula is C19H27N3O. The van der Waals surface area contributed by atoms with Crippen LogP contribution >= 0.6 is 0 Å². The SMILES string of the molecule is C[C@H](NC(=O)/C=C\c1cnn(C)c1)C12CC3CC(CC(C3)C1)C2. The second-order valence-electron chi connectivity index (χ2n) is 8.29. The first kappa shape index (κ1) is 15.0. The van der Waals surface area contributed by atoms with Crippen molar-refractivity contribution >= 4 is 12.0 Å². The number of carbonyl (C=O) groups excluding carboxylic acids is 1. The summed E-state index contributed by atoms with van der Waals surface area (Å²) in [6, 6.07) is 0.280. The van der Waals surface area contributed by atoms with E-state index in [1.54, 1.807) is 17.0 Å². The molecule has 0 saturated heterocycles. The van der Waals surface area contributed by atoms with Crippen molar-refractivity contribution in [2.75, 3.05) is 0 Å². The molecule has 0 aliphatic heterocycles. The van der Waals surface area contributed by atoms with Gasteiger partial charge in [0.2, 0.25) is 5.91 Å². The van der Waals surface area contributed by atoms with Gasteiger partial charge < -0.3 is 5.32 Å². The van der Waals surface area contributed by atoms with Crippen LogP contribution in [-0.2, 0) is 11.8 Å². The minimum atomic E-state index is 0.0251. The van der Waals surface area contributed by atoms with Gasteiger partial charge in [0, 0.05) is 30.9 Å². The number of hydrogen-bond acceptors (Lipinski definition) is 2. The Hall–Kier alpha value is -1.58. The molecule has 4 aliphatic rings. The number of aryl methyl sites for hydroxylation is 1. The molecule has 0 unspecified atom stereocenters. The quantitative estimate of drug-likeness (QED) is 0.868. The summed E-state index contributed by atoms with van der Waals surface area (Å²) in [7, 11) is 1.88. The molecule has 4 saturated carbocycles. The van der Waals surface area contributed by atoms with Crippen LogP contribution in [0.2, 0.25) is 0 Å². The fourth-order valence-corrected chi connectivity index (χ4v) is 5.82. The van der Waals surface area contributed by atoms with E-state index in [4.69, 9.17) is 0 Å². The average Bonchev–Trinajstić information content (AvgIpc) is 2.89. The normalized spacial score (nSPS) is 36.5. The summed E-state index contributed by atoms with van der Waals surface area (Å²) >= 11 is 0. The van der Waals surface area contributed by atoms with Crippen molar-refractivity contribution < 1.29 is 4.79 Å². The molecule has 4 fully saturated rings. The van der Waals surface area contributed by atoms with Crippen molar-refractivity contribution in [1.82, 2.24) is 15.1 Å². The van der Waals surface area contributed by atoms with Crippen molar-refractivity contribution in [3.63, 3.8) is 0 Å². The van der Waals surface area contributed by atoms with Crippen molar-refractivity contribution in [2.24, 2.45) is 30.2 Å². The molecule has 23 heavy (non-hydrogen) atoms. The smallest absolute Gasteiger partial charge is 0.244 e. The van der Waals surface area contributed by atoms with Gasteiger partial charge in [-0.15, -0.1) is 0 Å². The lowest BCUT2D eigenvalue weighted by atomic mass is 9.48. The maximum absolute atomic E-state index is 12.3. The lowest BCUT2D eigenvalue weighted by molar-refractivity contribution is -0.121. The molecule has 1 amide bonds. The molecule has 1 heterocycles. The number of hydrogen-bond donors (Lipinski definition) is 1. The maximum Gasteiger partial charge on any atom is 0.244 e. The number of amides is 1. The summed E-state index contributed by atoms with van der Waals surface area (Å²) in [5.74, 6) is 2.79. The van der Waals surface area contributed by atoms with E-state index in [1.165, 1.54) is 38.5 Å². The highest BCUT2D eigenvalue weighted by atomic mass is 16.1. The molecule has 1 aromatic heterocycles. The Balaban J connectivity index is 1.40. The van der Waals surface area contributed by atoms with Crippen LogP contribution in [0.4, 0.5) is 0 Å². The van der Waals surface area contributed by atoms with Crippen molar-refractivity contribution in [3.05, 3.63) is 24.0 Å². The van der Waals surface area contributed by atoms with Gasteiger partial charge in [0.05, 0.1) is 6.20 Å². The highest BCUT2D eigenvalue weighted by Crippen LogP contribution is 2.61. The molecular weight excluding hydrogens is 286 g/mol. The lowest BCUT2D eigenvalue weighted by Crippen LogP contribution is -2.55. The molecule has 5 rings (SSSR count). The highest BCUT2D eigenvalue weighted by Gasteiger charge is 2.53. The van der Waals surface area contributed by atoms with E-state index in [2.05, 4.69) is 17.3 Å². The highest BCUT2D eigenvalue weighted by molar-refractivity contribution is 5.91. The summed E-state index contributed by atoms with van der Waals surface area (Å²) in [5, 5.41) is 7.38. The Morgan fingerprint density at radius 2 is 1.91 bits per heavy atom. The van der Waals surface area contributed by atoms with Gasteiger partial charge in [-0.25, -0.2) is 0 Å². The second kappa shape index (κ2) is 5.50. The van der Waals surface area contributed by atoms with Crippen molar-refractivity contribution in [1.29, 1.82) is 0 Å². The largest absolute Gasteiger partial charge is 0.350 e. The summed E-state index contributed by atoms with van der Waals surface area (Å²) in [5.41, 5.74) is 1.33. The lowest BCUT2D eigenvalue weighted by Gasteiger charge is -2.59. The molecule has 4 aliphatic carbocycles. The van der Waals surface area contributed by atoms with Crippen molar-refractivity contribution in [2.45, 2.75) is 51.5 Å². The zero-order chi connectivity index (χ0) is 16.0. The van der Waals surface area contributed by atoms with Gasteiger partial charge in [0.25, 0.3) is 0 Å². The fourth-order valence-electron chi connectivity index (χ4n) is 5.82. The Bertz CT molecular complexity index is 595. The van der Waals surface area contributed by atoms with Crippen LogP contribution in [0.5, 0.6) is 0 Å². The minimum absolute atomic E-state index is 0.0251. The van der Waals surface area contributed by atoms with Crippen LogP contribution in [0.1, 0.15) is 51.0 Å². The molecule has 1 atom stereocenters. The zero-order valence-corrected chi connectivity index (χ0v) is 14.2. The van der Waals surface area contributed by atoms with Crippen LogP contribution in [0.25, 0.3) is 6.08 Å². The first-order chi connectivity index (χ1) is 11.0. The van der Waals surface area contributed by atoms with E-state index in [9.17, 15) is 4.79 Å². The molecule has 0 spiro atoms. The summed E-state index contributed by atoms with van der Waals surface area (Å²) in [4.78, 5) is 12.3. The topological polar surface area (TPSA) is 46.9 Å². The molecule has 0 radical (unpaired) electrons. The van der Waals surface area contributed by atoms with Gasteiger partial charge in [-0.3, -0.25) is 9.48 Å². The van der Waals surface area contributed by atoms with E-state index in [0.29, 0.717) is 5.41 Å². The van der Waals surface area contributed by atoms with Crippen LogP contribution in [0, 0.1) is 23.2 Å². The Morgan fingerprint density at radius 1 is 1.30 bits per heavy atom. The molecule has 4 heteroatoms. The van der Waals surface area contributed by atoms with E-state index in [0.717, 1.165) is 23.3 Å². The fraction of sp³-hybridized carbons (Fsp3) is 0.684. The standard InChI is InChI=1S/C19H27N3O/c1-13(21-18(23)4-3-14-11-20-22(2)12-14)19-8-15-5-16(9-19)7-17(6-15)10-19/h3-4,11-13,15-17H,5-10H2,1-2H3,(H,21,23)/b4-3-/t13-,15?,16?,17?,19?/m0/s1. The predicted molar refractivity (Wildman–Crippen MR) is 90.5 cm³/mol. The number of nitrogens with zero attached hydrogens (tertiary/aromatic N) is 2. The number of nitrogens with one attached hydrogen (secondary N) is 1. The minimum Gasteiger partial charge on any atom is -0.350 e. The van der Waals surface area contributed by atoms with E-state index in [-0.39, 0.29) is 11.9 Å². The van der Waals surface area contributed by atoms with Gasteiger partial charge in [-0.1, -0.05) is 0 Å². The zero-order valence-electron chi connectivity index (χ0n) is 14.2. The third kappa shape index (κ3) is 2.84. The predicted octanol–water partition coefficient (Wildman–Crippen LogP) is 3.15. The number of carbonyl (C=O) groups is 1. The maximum atomic E-state index is 12.3. The summed E-state index contributed by atoms with van der Waals surface area (Å²) in [6.45, 7) is 2.23. The van der Waals surface area contributed by atoms with E-state index in [1.807, 2.05) is 19.3 Å². The molecule has 124 valence electrons. The van der Waals surface area contributed by atoms with Crippen LogP contribution in [0.15, 0.2) is 18.5 Å². The van der Waals surface area contributed by atoms with Gasteiger partial charge in [-0.05, 0) is 74.7 Å². The Kier molecular flexibility index (Phi) is 3.58. The summed E-state index contributed by atoms with van der Waals surface area (Å²) < 4.78 is 1.75. The molecule has 0 aromatic carbocycles. The van der Waals surface area contributed by atoms with E-state index < -0.39 is 0 Å². The number of aromatic nitrogens is 2. The Labute approximate surface area is 138 Å². The first-order valence-electron chi connectivity index (χ1n) is 9.00. The second-order valence-corrected chi connectivity index (χ2v) is 8.29. The van der Waals surface area contributed by atoms with Gasteiger partial charge in [0.15, 0.2) is 0 Å². The van der Waals surface area contributed by atoms with Gasteiger partial charge >= 0.3 is 0 Å². The van der Waals surface area contributed by atoms with Gasteiger partial charge in [0.1, 0.15) is 0 Å². The third-order valence-electron chi connectivity index (χ3n) is 6.51. The van der Waals surface area contributed by atoms with Gasteiger partial charge in [-0.2, -0.15) is 5.10 Å². The monoisotopic (exact) mass is 313 g/mol. The van der Waals surface area contributed by atoms with Crippen LogP contribution in [-0.4, -0.2) is 21.7 Å².